The molecule has 1 aliphatic carbocycles. The van der Waals surface area contributed by atoms with Crippen molar-refractivity contribution in [3.05, 3.63) is 28.0 Å². The third-order valence-electron chi connectivity index (χ3n) is 5.17. The highest BCUT2D eigenvalue weighted by atomic mass is 35.5. The van der Waals surface area contributed by atoms with Gasteiger partial charge < -0.3 is 19.7 Å². The van der Waals surface area contributed by atoms with Crippen LogP contribution in [0.1, 0.15) is 12.8 Å². The van der Waals surface area contributed by atoms with E-state index in [2.05, 4.69) is 5.32 Å². The Morgan fingerprint density at radius 3 is 2.58 bits per heavy atom. The number of amides is 2. The van der Waals surface area contributed by atoms with Crippen molar-refractivity contribution in [1.82, 2.24) is 10.2 Å². The van der Waals surface area contributed by atoms with Crippen LogP contribution in [0, 0.1) is 17.7 Å². The Balaban J connectivity index is 1.23. The van der Waals surface area contributed by atoms with Gasteiger partial charge in [-0.1, -0.05) is 23.2 Å². The van der Waals surface area contributed by atoms with Crippen molar-refractivity contribution >= 4 is 35.2 Å². The monoisotopic (exact) mass is 402 g/mol. The predicted octanol–water partition coefficient (Wildman–Crippen LogP) is 2.86. The molecule has 0 bridgehead atoms. The average molecular weight is 403 g/mol. The lowest BCUT2D eigenvalue weighted by Crippen LogP contribution is -2.61. The van der Waals surface area contributed by atoms with Gasteiger partial charge in [-0.3, -0.25) is 4.79 Å². The number of halogens is 3. The van der Waals surface area contributed by atoms with Crippen molar-refractivity contribution in [2.45, 2.75) is 18.4 Å². The lowest BCUT2D eigenvalue weighted by atomic mass is 9.68. The molecule has 1 saturated carbocycles. The number of carbonyl (C=O) groups is 2. The van der Waals surface area contributed by atoms with Gasteiger partial charge in [0.1, 0.15) is 12.4 Å². The number of alkyl carbamates (subject to hydrolysis) is 1. The van der Waals surface area contributed by atoms with Gasteiger partial charge in [0.15, 0.2) is 5.75 Å². The molecule has 1 aromatic carbocycles. The van der Waals surface area contributed by atoms with Crippen LogP contribution in [-0.2, 0) is 9.53 Å². The van der Waals surface area contributed by atoms with Crippen LogP contribution in [0.4, 0.5) is 9.18 Å². The van der Waals surface area contributed by atoms with Crippen LogP contribution in [0.15, 0.2) is 12.1 Å². The second-order valence-corrected chi connectivity index (χ2v) is 8.02. The van der Waals surface area contributed by atoms with Gasteiger partial charge in [-0.2, -0.15) is 0 Å². The van der Waals surface area contributed by atoms with Gasteiger partial charge in [-0.05, 0) is 25.0 Å². The highest BCUT2D eigenvalue weighted by Gasteiger charge is 2.54. The number of likely N-dealkylation sites (tertiary alicyclic amines) is 1. The summed E-state index contributed by atoms with van der Waals surface area (Å²) < 4.78 is 23.7. The van der Waals surface area contributed by atoms with Crippen LogP contribution in [0.2, 0.25) is 10.0 Å². The Kier molecular flexibility index (Phi) is 4.39. The zero-order chi connectivity index (χ0) is 18.5. The smallest absolute Gasteiger partial charge is 0.407 e. The lowest BCUT2D eigenvalue weighted by molar-refractivity contribution is -0.148. The zero-order valence-corrected chi connectivity index (χ0v) is 15.3. The van der Waals surface area contributed by atoms with Crippen LogP contribution >= 0.6 is 23.2 Å². The summed E-state index contributed by atoms with van der Waals surface area (Å²) in [5, 5.41) is 3.04. The van der Waals surface area contributed by atoms with Crippen molar-refractivity contribution in [3.63, 3.8) is 0 Å². The third kappa shape index (κ3) is 3.18. The van der Waals surface area contributed by atoms with Crippen LogP contribution in [0.3, 0.4) is 0 Å². The van der Waals surface area contributed by atoms with Gasteiger partial charge in [0.25, 0.3) is 0 Å². The third-order valence-corrected chi connectivity index (χ3v) is 5.73. The summed E-state index contributed by atoms with van der Waals surface area (Å²) in [6.45, 7) is 1.89. The van der Waals surface area contributed by atoms with E-state index in [4.69, 9.17) is 32.7 Å². The maximum Gasteiger partial charge on any atom is 0.407 e. The number of carbonyl (C=O) groups excluding carboxylic acids is 2. The van der Waals surface area contributed by atoms with E-state index in [9.17, 15) is 14.0 Å². The number of nitrogens with zero attached hydrogens (tertiary/aromatic N) is 1. The summed E-state index contributed by atoms with van der Waals surface area (Å²) in [6.07, 6.45) is 0.835. The molecule has 0 atom stereocenters. The molecule has 1 N–H and O–H groups in total. The summed E-state index contributed by atoms with van der Waals surface area (Å²) in [6, 6.07) is 2.30. The largest absolute Gasteiger partial charge is 0.490 e. The number of nitrogens with one attached hydrogen (secondary N) is 1. The number of benzene rings is 1. The number of rotatable bonds is 4. The number of cyclic esters (lactones) is 1. The van der Waals surface area contributed by atoms with Crippen molar-refractivity contribution in [2.75, 3.05) is 26.3 Å². The van der Waals surface area contributed by atoms with Crippen molar-refractivity contribution in [2.24, 2.45) is 11.8 Å². The molecule has 4 rings (SSSR count). The minimum Gasteiger partial charge on any atom is -0.490 e. The zero-order valence-electron chi connectivity index (χ0n) is 13.8. The molecule has 2 heterocycles. The fourth-order valence-corrected chi connectivity index (χ4v) is 4.32. The quantitative estimate of drug-likeness (QED) is 0.840. The maximum atomic E-state index is 13.2. The maximum absolute atomic E-state index is 13.2. The Bertz CT molecular complexity index is 740. The van der Waals surface area contributed by atoms with Crippen LogP contribution < -0.4 is 10.1 Å². The summed E-state index contributed by atoms with van der Waals surface area (Å²) >= 11 is 11.9. The van der Waals surface area contributed by atoms with Gasteiger partial charge >= 0.3 is 6.09 Å². The first kappa shape index (κ1) is 17.7. The van der Waals surface area contributed by atoms with Crippen molar-refractivity contribution < 1.29 is 23.5 Å². The molecular weight excluding hydrogens is 386 g/mol. The molecule has 0 unspecified atom stereocenters. The number of hydrogen-bond donors (Lipinski definition) is 1. The fourth-order valence-electron chi connectivity index (χ4n) is 3.75. The van der Waals surface area contributed by atoms with E-state index in [1.807, 2.05) is 0 Å². The normalized spacial score (nSPS) is 27.6. The van der Waals surface area contributed by atoms with Crippen molar-refractivity contribution in [3.8, 4) is 5.75 Å². The lowest BCUT2D eigenvalue weighted by Gasteiger charge is -2.47. The molecule has 3 aliphatic rings. The highest BCUT2D eigenvalue weighted by molar-refractivity contribution is 6.37. The van der Waals surface area contributed by atoms with E-state index in [1.165, 1.54) is 0 Å². The topological polar surface area (TPSA) is 67.9 Å². The molecule has 3 fully saturated rings. The Morgan fingerprint density at radius 2 is 2.00 bits per heavy atom. The second kappa shape index (κ2) is 6.46. The van der Waals surface area contributed by atoms with Gasteiger partial charge in [0.2, 0.25) is 5.91 Å². The first-order chi connectivity index (χ1) is 12.3. The molecule has 6 nitrogen and oxygen atoms in total. The number of ether oxygens (including phenoxy) is 2. The highest BCUT2D eigenvalue weighted by Crippen LogP contribution is 2.42. The van der Waals surface area contributed by atoms with Gasteiger partial charge in [0.05, 0.1) is 22.2 Å². The van der Waals surface area contributed by atoms with Crippen molar-refractivity contribution in [1.29, 1.82) is 0 Å². The Labute approximate surface area is 159 Å². The standard InChI is InChI=1S/C17H17Cl2FN2O4/c18-12-1-11(20)2-13(19)14(12)25-7-9-5-22(6-9)15(23)10-3-17(4-10)8-26-16(24)21-17/h1-2,9-10H,3-8H2,(H,21,24)/t10-,17-. The van der Waals surface area contributed by atoms with Gasteiger partial charge in [-0.15, -0.1) is 0 Å². The molecule has 1 spiro atoms. The van der Waals surface area contributed by atoms with Crippen LogP contribution in [0.25, 0.3) is 0 Å². The molecule has 1 aromatic rings. The molecule has 9 heteroatoms. The molecular formula is C17H17Cl2FN2O4. The predicted molar refractivity (Wildman–Crippen MR) is 91.9 cm³/mol. The van der Waals surface area contributed by atoms with E-state index in [-0.39, 0.29) is 39.1 Å². The summed E-state index contributed by atoms with van der Waals surface area (Å²) in [7, 11) is 0. The van der Waals surface area contributed by atoms with Gasteiger partial charge in [-0.25, -0.2) is 9.18 Å². The minimum absolute atomic E-state index is 0.0696. The first-order valence-electron chi connectivity index (χ1n) is 8.36. The second-order valence-electron chi connectivity index (χ2n) is 7.21. The molecule has 0 aromatic heterocycles. The fraction of sp³-hybridized carbons (Fsp3) is 0.529. The Hall–Kier alpha value is -1.73. The minimum atomic E-state index is -0.519. The SMILES string of the molecule is O=C1N[C@]2(CO1)C[C@@H](C(=O)N1CC(COc3c(Cl)cc(F)cc3Cl)C1)C2. The Morgan fingerprint density at radius 1 is 1.35 bits per heavy atom. The summed E-state index contributed by atoms with van der Waals surface area (Å²) in [5.74, 6) is -0.0438. The van der Waals surface area contributed by atoms with Crippen LogP contribution in [-0.4, -0.2) is 48.7 Å². The van der Waals surface area contributed by atoms with E-state index < -0.39 is 11.9 Å². The summed E-state index contributed by atoms with van der Waals surface area (Å²) in [4.78, 5) is 25.4. The average Bonchev–Trinajstić information content (AvgIpc) is 2.88. The van der Waals surface area contributed by atoms with Gasteiger partial charge in [0, 0.05) is 24.9 Å². The molecule has 2 saturated heterocycles. The van der Waals surface area contributed by atoms with E-state index in [0.29, 0.717) is 39.1 Å². The summed E-state index contributed by atoms with van der Waals surface area (Å²) in [5.41, 5.74) is -0.346. The molecule has 2 amide bonds. The van der Waals surface area contributed by atoms with E-state index in [0.717, 1.165) is 12.1 Å². The van der Waals surface area contributed by atoms with E-state index >= 15 is 0 Å². The van der Waals surface area contributed by atoms with Crippen LogP contribution in [0.5, 0.6) is 5.75 Å². The molecule has 26 heavy (non-hydrogen) atoms. The molecule has 0 radical (unpaired) electrons. The molecule has 2 aliphatic heterocycles. The molecule has 140 valence electrons. The van der Waals surface area contributed by atoms with E-state index in [1.54, 1.807) is 4.90 Å². The first-order valence-corrected chi connectivity index (χ1v) is 9.12. The number of hydrogen-bond acceptors (Lipinski definition) is 4.